The molecule has 0 radical (unpaired) electrons. The summed E-state index contributed by atoms with van der Waals surface area (Å²) < 4.78 is 4.75. The molecule has 2 atom stereocenters. The number of likely N-dealkylation sites (tertiary alicyclic amines) is 3. The monoisotopic (exact) mass is 661 g/mol. The van der Waals surface area contributed by atoms with Gasteiger partial charge in [0.2, 0.25) is 5.91 Å². The summed E-state index contributed by atoms with van der Waals surface area (Å²) in [4.78, 5) is 45.2. The number of benzene rings is 2. The number of carbonyl (C=O) groups excluding carboxylic acids is 3. The molecular formula is C38H55N5O5. The van der Waals surface area contributed by atoms with Crippen molar-refractivity contribution >= 4 is 23.7 Å². The van der Waals surface area contributed by atoms with E-state index in [1.165, 1.54) is 32.2 Å². The zero-order valence-corrected chi connectivity index (χ0v) is 29.5. The molecule has 2 aromatic carbocycles. The Balaban J connectivity index is 0.000000190. The second kappa shape index (κ2) is 16.1. The standard InChI is InChI=1S/C22H34N2O2.C16H21N3O3/c1-15-5-8-24(14-15)20-6-9-23(10-7-20)22(26)18(4)13-19-11-16(2)21(25)17(3)12-19;1-22-16(21)18-9-7-13(8-10-18)19-11-6-12-4-2-3-5-14(12)17-15(19)20/h11-12,15,18,20,25H,5-10,13-14H2,1-4H3;2-5,13H,6-11H2,1H3,(H,17,20)/t15-,18+;/m0./s1. The van der Waals surface area contributed by atoms with Crippen LogP contribution >= 0.6 is 0 Å². The molecule has 2 N–H and O–H groups in total. The molecule has 0 spiro atoms. The van der Waals surface area contributed by atoms with Gasteiger partial charge in [0.1, 0.15) is 5.75 Å². The highest BCUT2D eigenvalue weighted by Crippen LogP contribution is 2.28. The molecule has 4 aliphatic rings. The first-order valence-electron chi connectivity index (χ1n) is 17.8. The third-order valence-corrected chi connectivity index (χ3v) is 10.7. The van der Waals surface area contributed by atoms with Crippen molar-refractivity contribution in [2.24, 2.45) is 11.8 Å². The lowest BCUT2D eigenvalue weighted by Crippen LogP contribution is -2.50. The second-order valence-corrected chi connectivity index (χ2v) is 14.3. The molecule has 0 unspecified atom stereocenters. The summed E-state index contributed by atoms with van der Waals surface area (Å²) in [7, 11) is 1.40. The van der Waals surface area contributed by atoms with Crippen LogP contribution in [0.4, 0.5) is 15.3 Å². The van der Waals surface area contributed by atoms with Crippen molar-refractivity contribution in [2.75, 3.05) is 58.2 Å². The van der Waals surface area contributed by atoms with Gasteiger partial charge in [-0.1, -0.05) is 44.2 Å². The number of piperidine rings is 2. The van der Waals surface area contributed by atoms with Gasteiger partial charge in [-0.2, -0.15) is 0 Å². The number of phenols is 1. The molecule has 0 saturated carbocycles. The van der Waals surface area contributed by atoms with Crippen LogP contribution in [-0.2, 0) is 22.4 Å². The fraction of sp³-hybridized carbons (Fsp3) is 0.605. The van der Waals surface area contributed by atoms with Crippen LogP contribution in [0.15, 0.2) is 36.4 Å². The zero-order valence-electron chi connectivity index (χ0n) is 29.5. The van der Waals surface area contributed by atoms with Gasteiger partial charge in [0, 0.05) is 63.0 Å². The average molecular weight is 662 g/mol. The Morgan fingerprint density at radius 2 is 1.54 bits per heavy atom. The molecule has 262 valence electrons. The first-order valence-corrected chi connectivity index (χ1v) is 17.8. The average Bonchev–Trinajstić information content (AvgIpc) is 3.46. The Labute approximate surface area is 286 Å². The van der Waals surface area contributed by atoms with E-state index in [0.717, 1.165) is 79.9 Å². The molecule has 4 heterocycles. The van der Waals surface area contributed by atoms with E-state index in [0.29, 0.717) is 31.4 Å². The first kappa shape index (κ1) is 35.5. The van der Waals surface area contributed by atoms with E-state index in [1.54, 1.807) is 4.90 Å². The molecule has 3 saturated heterocycles. The Morgan fingerprint density at radius 1 is 0.917 bits per heavy atom. The van der Waals surface area contributed by atoms with Crippen molar-refractivity contribution in [2.45, 2.75) is 84.7 Å². The fourth-order valence-electron chi connectivity index (χ4n) is 7.90. The highest BCUT2D eigenvalue weighted by molar-refractivity contribution is 5.91. The summed E-state index contributed by atoms with van der Waals surface area (Å²) in [5.74, 6) is 1.46. The number of aryl methyl sites for hydroxylation is 2. The van der Waals surface area contributed by atoms with Gasteiger partial charge in [-0.15, -0.1) is 0 Å². The van der Waals surface area contributed by atoms with E-state index >= 15 is 0 Å². The molecule has 0 aliphatic carbocycles. The van der Waals surface area contributed by atoms with Crippen molar-refractivity contribution in [3.8, 4) is 5.75 Å². The quantitative estimate of drug-likeness (QED) is 0.418. The third-order valence-electron chi connectivity index (χ3n) is 10.7. The van der Waals surface area contributed by atoms with Crippen LogP contribution in [0.1, 0.15) is 68.2 Å². The number of urea groups is 1. The number of methoxy groups -OCH3 is 1. The number of carbonyl (C=O) groups is 3. The van der Waals surface area contributed by atoms with Gasteiger partial charge in [-0.05, 0) is 99.6 Å². The van der Waals surface area contributed by atoms with Gasteiger partial charge in [-0.3, -0.25) is 9.69 Å². The van der Waals surface area contributed by atoms with E-state index in [-0.39, 0.29) is 30.0 Å². The Hall–Kier alpha value is -3.79. The lowest BCUT2D eigenvalue weighted by atomic mass is 9.95. The number of anilines is 1. The van der Waals surface area contributed by atoms with Crippen LogP contribution in [0.2, 0.25) is 0 Å². The van der Waals surface area contributed by atoms with Crippen molar-refractivity contribution in [3.63, 3.8) is 0 Å². The van der Waals surface area contributed by atoms with E-state index in [1.807, 2.05) is 56.0 Å². The van der Waals surface area contributed by atoms with Gasteiger partial charge < -0.3 is 29.9 Å². The normalized spacial score (nSPS) is 21.5. The first-order chi connectivity index (χ1) is 23.0. The maximum atomic E-state index is 12.9. The molecule has 6 rings (SSSR count). The van der Waals surface area contributed by atoms with Gasteiger partial charge in [-0.25, -0.2) is 9.59 Å². The number of nitrogens with zero attached hydrogens (tertiary/aromatic N) is 4. The highest BCUT2D eigenvalue weighted by atomic mass is 16.5. The highest BCUT2D eigenvalue weighted by Gasteiger charge is 2.33. The number of amides is 4. The van der Waals surface area contributed by atoms with Gasteiger partial charge >= 0.3 is 12.1 Å². The van der Waals surface area contributed by atoms with E-state index in [2.05, 4.69) is 28.1 Å². The van der Waals surface area contributed by atoms with Crippen molar-refractivity contribution in [1.82, 2.24) is 19.6 Å². The molecule has 10 nitrogen and oxygen atoms in total. The number of phenolic OH excluding ortho intramolecular Hbond substituents is 1. The molecule has 4 aliphatic heterocycles. The number of hydrogen-bond acceptors (Lipinski definition) is 6. The maximum Gasteiger partial charge on any atom is 0.409 e. The zero-order chi connectivity index (χ0) is 34.4. The molecule has 10 heteroatoms. The smallest absolute Gasteiger partial charge is 0.409 e. The third kappa shape index (κ3) is 8.62. The number of nitrogens with one attached hydrogen (secondary N) is 1. The van der Waals surface area contributed by atoms with Crippen LogP contribution < -0.4 is 5.32 Å². The Kier molecular flexibility index (Phi) is 11.9. The second-order valence-electron chi connectivity index (χ2n) is 14.3. The molecule has 0 bridgehead atoms. The molecule has 3 fully saturated rings. The molecule has 2 aromatic rings. The van der Waals surface area contributed by atoms with Crippen LogP contribution in [0, 0.1) is 25.7 Å². The fourth-order valence-corrected chi connectivity index (χ4v) is 7.90. The summed E-state index contributed by atoms with van der Waals surface area (Å²) in [5, 5.41) is 12.9. The minimum Gasteiger partial charge on any atom is -0.507 e. The number of ether oxygens (including phenoxy) is 1. The topological polar surface area (TPSA) is 106 Å². The van der Waals surface area contributed by atoms with Crippen LogP contribution in [-0.4, -0.2) is 108 Å². The molecule has 0 aromatic heterocycles. The van der Waals surface area contributed by atoms with Crippen LogP contribution in [0.25, 0.3) is 0 Å². The van der Waals surface area contributed by atoms with Gasteiger partial charge in [0.15, 0.2) is 0 Å². The SMILES string of the molecule is COC(=O)N1CCC(N2CCc3ccccc3NC2=O)CC1.Cc1cc(C[C@@H](C)C(=O)N2CCC(N3CC[C@H](C)C3)CC2)cc(C)c1O. The Morgan fingerprint density at radius 3 is 2.17 bits per heavy atom. The lowest BCUT2D eigenvalue weighted by molar-refractivity contribution is -0.136. The number of rotatable bonds is 5. The van der Waals surface area contributed by atoms with Crippen molar-refractivity contribution < 1.29 is 24.2 Å². The number of fused-ring (bicyclic) bond motifs is 1. The van der Waals surface area contributed by atoms with Crippen molar-refractivity contribution in [1.29, 1.82) is 0 Å². The largest absolute Gasteiger partial charge is 0.507 e. The molecular weight excluding hydrogens is 606 g/mol. The minimum absolute atomic E-state index is 0.0123. The molecule has 4 amide bonds. The number of aromatic hydroxyl groups is 1. The maximum absolute atomic E-state index is 12.9. The van der Waals surface area contributed by atoms with E-state index < -0.39 is 0 Å². The molecule has 48 heavy (non-hydrogen) atoms. The predicted molar refractivity (Wildman–Crippen MR) is 188 cm³/mol. The van der Waals surface area contributed by atoms with Gasteiger partial charge in [0.25, 0.3) is 0 Å². The number of para-hydroxylation sites is 1. The van der Waals surface area contributed by atoms with Gasteiger partial charge in [0.05, 0.1) is 7.11 Å². The summed E-state index contributed by atoms with van der Waals surface area (Å²) in [6.45, 7) is 14.4. The summed E-state index contributed by atoms with van der Waals surface area (Å²) in [6, 6.07) is 12.7. The van der Waals surface area contributed by atoms with Crippen LogP contribution in [0.5, 0.6) is 5.75 Å². The summed E-state index contributed by atoms with van der Waals surface area (Å²) in [6.07, 6.45) is 6.44. The van der Waals surface area contributed by atoms with Crippen molar-refractivity contribution in [3.05, 3.63) is 58.7 Å². The van der Waals surface area contributed by atoms with Crippen LogP contribution in [0.3, 0.4) is 0 Å². The predicted octanol–water partition coefficient (Wildman–Crippen LogP) is 5.83. The Bertz CT molecular complexity index is 1410. The van der Waals surface area contributed by atoms with E-state index in [4.69, 9.17) is 4.74 Å². The lowest BCUT2D eigenvalue weighted by Gasteiger charge is -2.37. The minimum atomic E-state index is -0.286. The number of hydrogen-bond donors (Lipinski definition) is 2. The van der Waals surface area contributed by atoms with E-state index in [9.17, 15) is 19.5 Å². The summed E-state index contributed by atoms with van der Waals surface area (Å²) >= 11 is 0. The summed E-state index contributed by atoms with van der Waals surface area (Å²) in [5.41, 5.74) is 4.99.